The molecule has 0 saturated carbocycles. The zero-order valence-electron chi connectivity index (χ0n) is 10.6. The molecule has 110 valence electrons. The third kappa shape index (κ3) is 3.47. The van der Waals surface area contributed by atoms with Gasteiger partial charge in [0.2, 0.25) is 15.9 Å². The molecule has 0 aromatic heterocycles. The molecule has 1 heterocycles. The van der Waals surface area contributed by atoms with Crippen LogP contribution in [0.25, 0.3) is 0 Å². The number of sulfonamides is 1. The molecule has 2 rings (SSSR count). The smallest absolute Gasteiger partial charge is 0.243 e. The second-order valence-electron chi connectivity index (χ2n) is 4.49. The zero-order chi connectivity index (χ0) is 14.8. The Morgan fingerprint density at radius 1 is 1.35 bits per heavy atom. The lowest BCUT2D eigenvalue weighted by atomic mass is 10.3. The normalized spacial score (nSPS) is 15.6. The van der Waals surface area contributed by atoms with Gasteiger partial charge in [-0.15, -0.1) is 0 Å². The van der Waals surface area contributed by atoms with Gasteiger partial charge < -0.3 is 4.90 Å². The van der Waals surface area contributed by atoms with E-state index in [0.717, 1.165) is 25.0 Å². The Hall–Kier alpha value is -1.18. The number of benzene rings is 1. The lowest BCUT2D eigenvalue weighted by molar-refractivity contribution is -0.128. The van der Waals surface area contributed by atoms with Crippen LogP contribution in [0.1, 0.15) is 12.8 Å². The largest absolute Gasteiger partial charge is 0.342 e. The van der Waals surface area contributed by atoms with Gasteiger partial charge in [-0.1, -0.05) is 11.6 Å². The van der Waals surface area contributed by atoms with Crippen LogP contribution in [0.2, 0.25) is 5.02 Å². The number of likely N-dealkylation sites (tertiary alicyclic amines) is 1. The van der Waals surface area contributed by atoms with E-state index in [2.05, 4.69) is 4.72 Å². The van der Waals surface area contributed by atoms with E-state index in [1.165, 1.54) is 6.07 Å². The Labute approximate surface area is 121 Å². The molecule has 1 N–H and O–H groups in total. The summed E-state index contributed by atoms with van der Waals surface area (Å²) in [4.78, 5) is 12.8. The summed E-state index contributed by atoms with van der Waals surface area (Å²) >= 11 is 5.56. The average molecular weight is 321 g/mol. The molecule has 0 atom stereocenters. The number of rotatable bonds is 4. The van der Waals surface area contributed by atoms with Gasteiger partial charge in [0.1, 0.15) is 10.7 Å². The van der Waals surface area contributed by atoms with E-state index in [1.807, 2.05) is 0 Å². The van der Waals surface area contributed by atoms with Gasteiger partial charge in [0.15, 0.2) is 0 Å². The number of nitrogens with one attached hydrogen (secondary N) is 1. The molecular weight excluding hydrogens is 307 g/mol. The fourth-order valence-corrected chi connectivity index (χ4v) is 3.20. The van der Waals surface area contributed by atoms with Crippen molar-refractivity contribution in [2.45, 2.75) is 17.7 Å². The minimum absolute atomic E-state index is 0.106. The Bertz CT molecular complexity index is 615. The first kappa shape index (κ1) is 15.2. The average Bonchev–Trinajstić information content (AvgIpc) is 2.89. The van der Waals surface area contributed by atoms with Crippen LogP contribution >= 0.6 is 11.6 Å². The summed E-state index contributed by atoms with van der Waals surface area (Å²) in [6.45, 7) is 0.899. The molecule has 8 heteroatoms. The highest BCUT2D eigenvalue weighted by molar-refractivity contribution is 7.89. The summed E-state index contributed by atoms with van der Waals surface area (Å²) in [7, 11) is -4.06. The van der Waals surface area contributed by atoms with E-state index < -0.39 is 20.7 Å². The molecule has 1 aliphatic heterocycles. The molecule has 1 saturated heterocycles. The lowest BCUT2D eigenvalue weighted by Gasteiger charge is -2.15. The van der Waals surface area contributed by atoms with Gasteiger partial charge in [-0.2, -0.15) is 0 Å². The highest BCUT2D eigenvalue weighted by Gasteiger charge is 2.23. The Balaban J connectivity index is 2.05. The zero-order valence-corrected chi connectivity index (χ0v) is 12.2. The molecule has 1 aromatic rings. The minimum atomic E-state index is -4.06. The van der Waals surface area contributed by atoms with Crippen LogP contribution in [0, 0.1) is 5.82 Å². The molecule has 1 amide bonds. The van der Waals surface area contributed by atoms with E-state index in [4.69, 9.17) is 11.6 Å². The third-order valence-corrected chi connectivity index (χ3v) is 4.73. The van der Waals surface area contributed by atoms with Crippen molar-refractivity contribution in [3.05, 3.63) is 29.0 Å². The van der Waals surface area contributed by atoms with Crippen LogP contribution in [0.3, 0.4) is 0 Å². The van der Waals surface area contributed by atoms with Crippen molar-refractivity contribution >= 4 is 27.5 Å². The molecule has 0 aliphatic carbocycles. The summed E-state index contributed by atoms with van der Waals surface area (Å²) in [5.41, 5.74) is 0. The van der Waals surface area contributed by atoms with Crippen LogP contribution in [0.4, 0.5) is 4.39 Å². The van der Waals surface area contributed by atoms with Crippen molar-refractivity contribution in [1.29, 1.82) is 0 Å². The Kier molecular flexibility index (Phi) is 4.62. The SMILES string of the molecule is O=C(CNS(=O)(=O)c1ccc(Cl)cc1F)N1CCCC1. The van der Waals surface area contributed by atoms with Gasteiger partial charge >= 0.3 is 0 Å². The molecule has 0 unspecified atom stereocenters. The first-order valence-electron chi connectivity index (χ1n) is 6.12. The highest BCUT2D eigenvalue weighted by atomic mass is 35.5. The molecule has 1 aromatic carbocycles. The number of carbonyl (C=O) groups is 1. The van der Waals surface area contributed by atoms with Gasteiger partial charge in [0, 0.05) is 18.1 Å². The molecule has 1 fully saturated rings. The second-order valence-corrected chi connectivity index (χ2v) is 6.66. The van der Waals surface area contributed by atoms with E-state index in [9.17, 15) is 17.6 Å². The quantitative estimate of drug-likeness (QED) is 0.911. The summed E-state index contributed by atoms with van der Waals surface area (Å²) in [6.07, 6.45) is 1.84. The van der Waals surface area contributed by atoms with E-state index in [0.29, 0.717) is 13.1 Å². The van der Waals surface area contributed by atoms with Crippen molar-refractivity contribution < 1.29 is 17.6 Å². The third-order valence-electron chi connectivity index (χ3n) is 3.06. The molecule has 0 bridgehead atoms. The summed E-state index contributed by atoms with van der Waals surface area (Å²) < 4.78 is 39.5. The van der Waals surface area contributed by atoms with Gasteiger partial charge in [0.05, 0.1) is 6.54 Å². The maximum absolute atomic E-state index is 13.6. The van der Waals surface area contributed by atoms with E-state index in [-0.39, 0.29) is 17.5 Å². The summed E-state index contributed by atoms with van der Waals surface area (Å²) in [6, 6.07) is 3.26. The summed E-state index contributed by atoms with van der Waals surface area (Å²) in [5, 5.41) is 0.106. The molecule has 5 nitrogen and oxygen atoms in total. The number of carbonyl (C=O) groups excluding carboxylic acids is 1. The van der Waals surface area contributed by atoms with Crippen LogP contribution in [-0.2, 0) is 14.8 Å². The fourth-order valence-electron chi connectivity index (χ4n) is 2.01. The van der Waals surface area contributed by atoms with Crippen molar-refractivity contribution in [2.75, 3.05) is 19.6 Å². The maximum atomic E-state index is 13.6. The molecule has 20 heavy (non-hydrogen) atoms. The predicted molar refractivity (Wildman–Crippen MR) is 72.4 cm³/mol. The number of hydrogen-bond acceptors (Lipinski definition) is 3. The van der Waals surface area contributed by atoms with Gasteiger partial charge in [-0.05, 0) is 31.0 Å². The monoisotopic (exact) mass is 320 g/mol. The molecule has 0 spiro atoms. The van der Waals surface area contributed by atoms with Gasteiger partial charge in [-0.3, -0.25) is 4.79 Å². The van der Waals surface area contributed by atoms with Crippen LogP contribution in [0.5, 0.6) is 0 Å². The van der Waals surface area contributed by atoms with E-state index >= 15 is 0 Å². The Morgan fingerprint density at radius 2 is 2.00 bits per heavy atom. The molecule has 0 radical (unpaired) electrons. The topological polar surface area (TPSA) is 66.5 Å². The number of halogens is 2. The number of amides is 1. The number of nitrogens with zero attached hydrogens (tertiary/aromatic N) is 1. The van der Waals surface area contributed by atoms with Gasteiger partial charge in [0.25, 0.3) is 0 Å². The fraction of sp³-hybridized carbons (Fsp3) is 0.417. The van der Waals surface area contributed by atoms with E-state index in [1.54, 1.807) is 4.90 Å². The van der Waals surface area contributed by atoms with Crippen molar-refractivity contribution in [2.24, 2.45) is 0 Å². The summed E-state index contributed by atoms with van der Waals surface area (Å²) in [5.74, 6) is -1.25. The Morgan fingerprint density at radius 3 is 2.60 bits per heavy atom. The van der Waals surface area contributed by atoms with Crippen molar-refractivity contribution in [1.82, 2.24) is 9.62 Å². The standard InChI is InChI=1S/C12H14ClFN2O3S/c13-9-3-4-11(10(14)7-9)20(18,19)15-8-12(17)16-5-1-2-6-16/h3-4,7,15H,1-2,5-6,8H2. The first-order chi connectivity index (χ1) is 9.40. The van der Waals surface area contributed by atoms with Crippen LogP contribution in [-0.4, -0.2) is 38.9 Å². The van der Waals surface area contributed by atoms with Gasteiger partial charge in [-0.25, -0.2) is 17.5 Å². The maximum Gasteiger partial charge on any atom is 0.243 e. The first-order valence-corrected chi connectivity index (χ1v) is 7.99. The highest BCUT2D eigenvalue weighted by Crippen LogP contribution is 2.18. The van der Waals surface area contributed by atoms with Crippen LogP contribution in [0.15, 0.2) is 23.1 Å². The van der Waals surface area contributed by atoms with Crippen LogP contribution < -0.4 is 4.72 Å². The van der Waals surface area contributed by atoms with Crippen molar-refractivity contribution in [3.8, 4) is 0 Å². The van der Waals surface area contributed by atoms with Crippen molar-refractivity contribution in [3.63, 3.8) is 0 Å². The lowest BCUT2D eigenvalue weighted by Crippen LogP contribution is -2.38. The molecular formula is C12H14ClFN2O3S. The predicted octanol–water partition coefficient (Wildman–Crippen LogP) is 1.38. The second kappa shape index (κ2) is 6.07. The minimum Gasteiger partial charge on any atom is -0.342 e. The number of hydrogen-bond donors (Lipinski definition) is 1. The molecule has 1 aliphatic rings.